The number of nitrogens with one attached hydrogen (secondary N) is 5. The van der Waals surface area contributed by atoms with E-state index in [0.717, 1.165) is 101 Å². The lowest BCUT2D eigenvalue weighted by atomic mass is 9.72. The normalized spacial score (nSPS) is 26.1. The fourth-order valence-corrected chi connectivity index (χ4v) is 15.9. The second kappa shape index (κ2) is 49.7. The van der Waals surface area contributed by atoms with Gasteiger partial charge >= 0.3 is 0 Å². The molecule has 0 spiro atoms. The van der Waals surface area contributed by atoms with Crippen molar-refractivity contribution < 1.29 is 18.9 Å². The van der Waals surface area contributed by atoms with Crippen LogP contribution in [0.3, 0.4) is 0 Å². The lowest BCUT2D eigenvalue weighted by Crippen LogP contribution is -2.54. The molecule has 6 atom stereocenters. The van der Waals surface area contributed by atoms with Crippen molar-refractivity contribution in [2.24, 2.45) is 89.7 Å². The summed E-state index contributed by atoms with van der Waals surface area (Å²) >= 11 is 0. The van der Waals surface area contributed by atoms with Crippen LogP contribution in [0, 0.1) is 89.7 Å². The zero-order valence-electron chi connectivity index (χ0n) is 73.9. The summed E-state index contributed by atoms with van der Waals surface area (Å²) in [5, 5.41) is 17.3. The summed E-state index contributed by atoms with van der Waals surface area (Å²) < 4.78 is 22.0. The third kappa shape index (κ3) is 48.7. The Balaban J connectivity index is 0.00000110. The predicted molar refractivity (Wildman–Crippen MR) is 450 cm³/mol. The van der Waals surface area contributed by atoms with Gasteiger partial charge in [0.1, 0.15) is 0 Å². The second-order valence-corrected chi connectivity index (χ2v) is 43.6. The first-order valence-electron chi connectivity index (χ1n) is 43.0. The van der Waals surface area contributed by atoms with Crippen LogP contribution >= 0.6 is 0 Å². The molecule has 101 heavy (non-hydrogen) atoms. The van der Waals surface area contributed by atoms with Crippen LogP contribution in [0.2, 0.25) is 0 Å². The van der Waals surface area contributed by atoms with Gasteiger partial charge in [-0.1, -0.05) is 260 Å². The van der Waals surface area contributed by atoms with Crippen molar-refractivity contribution in [3.05, 3.63) is 0 Å². The van der Waals surface area contributed by atoms with Crippen LogP contribution in [0.4, 0.5) is 0 Å². The first kappa shape index (κ1) is 101. The lowest BCUT2D eigenvalue weighted by molar-refractivity contribution is -0.0474. The zero-order chi connectivity index (χ0) is 76.1. The quantitative estimate of drug-likeness (QED) is 0.163. The van der Waals surface area contributed by atoms with Gasteiger partial charge in [0, 0.05) is 71.4 Å². The van der Waals surface area contributed by atoms with Crippen LogP contribution in [-0.2, 0) is 18.9 Å². The Labute approximate surface area is 636 Å². The van der Waals surface area contributed by atoms with Crippen molar-refractivity contribution in [3.63, 3.8) is 0 Å². The van der Waals surface area contributed by atoms with Gasteiger partial charge in [0.05, 0.1) is 12.2 Å². The van der Waals surface area contributed by atoms with Gasteiger partial charge in [-0.25, -0.2) is 0 Å². The molecule has 6 unspecified atom stereocenters. The van der Waals surface area contributed by atoms with Crippen molar-refractivity contribution in [1.82, 2.24) is 26.6 Å². The Morgan fingerprint density at radius 1 is 0.218 bits per heavy atom. The van der Waals surface area contributed by atoms with Gasteiger partial charge in [-0.05, 0) is 251 Å². The van der Waals surface area contributed by atoms with Gasteiger partial charge < -0.3 is 45.5 Å². The van der Waals surface area contributed by atoms with Gasteiger partial charge in [0.25, 0.3) is 0 Å². The van der Waals surface area contributed by atoms with Crippen LogP contribution in [0.5, 0.6) is 0 Å². The summed E-state index contributed by atoms with van der Waals surface area (Å²) in [5.74, 6) is 5.49. The molecule has 8 saturated heterocycles. The summed E-state index contributed by atoms with van der Waals surface area (Å²) in [7, 11) is 0. The highest BCUT2D eigenvalue weighted by Gasteiger charge is 2.33. The highest BCUT2D eigenvalue weighted by Crippen LogP contribution is 2.40. The van der Waals surface area contributed by atoms with Crippen LogP contribution in [0.1, 0.15) is 389 Å². The van der Waals surface area contributed by atoms with E-state index in [1.165, 1.54) is 206 Å². The predicted octanol–water partition coefficient (Wildman–Crippen LogP) is 24.8. The molecule has 2 saturated carbocycles. The minimum atomic E-state index is 0. The molecule has 2 aliphatic carbocycles. The van der Waals surface area contributed by atoms with Crippen LogP contribution in [0.15, 0.2) is 0 Å². The molecule has 10 fully saturated rings. The Morgan fingerprint density at radius 3 is 0.822 bits per heavy atom. The highest BCUT2D eigenvalue weighted by atomic mass is 16.5. The number of piperazine rings is 1. The van der Waals surface area contributed by atoms with E-state index in [2.05, 4.69) is 234 Å². The molecule has 0 aromatic rings. The molecule has 0 aromatic heterocycles. The third-order valence-electron chi connectivity index (χ3n) is 24.3. The van der Waals surface area contributed by atoms with Gasteiger partial charge in [-0.2, -0.15) is 0 Å². The maximum atomic E-state index is 5.64. The maximum Gasteiger partial charge on any atom is 0.0623 e. The zero-order valence-corrected chi connectivity index (χ0v) is 73.9. The lowest BCUT2D eigenvalue weighted by Gasteiger charge is -2.35. The average Bonchev–Trinajstić information content (AvgIpc) is 1.48. The first-order chi connectivity index (χ1) is 46.1. The Kier molecular flexibility index (Phi) is 49.5. The van der Waals surface area contributed by atoms with Crippen molar-refractivity contribution in [2.75, 3.05) is 92.0 Å². The van der Waals surface area contributed by atoms with Crippen molar-refractivity contribution in [2.45, 2.75) is 413 Å². The molecule has 9 nitrogen and oxygen atoms in total. The van der Waals surface area contributed by atoms with E-state index in [0.29, 0.717) is 72.4 Å². The average molecular weight is 1430 g/mol. The van der Waals surface area contributed by atoms with E-state index >= 15 is 0 Å². The molecule has 0 amide bonds. The minimum absolute atomic E-state index is 0. The SMILES string of the molecule is C.CC(C)(C)C1CCCCC1.CC(C)(C)C1CCCCC1.CC(C)(C)C1CCCCN1.CC(C)(C)C1CCCCO1.CC(C)(C)C1CCCCO1.CC(C)(C)C1CCCNC1.CC(C)(C)C1CCCOC1.CC(C)(C)C1CCNCC1.CC(C)(C)C1CCOCC1.CC(C)(C)C1CNCCN1. The number of piperidine rings is 3. The fourth-order valence-electron chi connectivity index (χ4n) is 15.9. The summed E-state index contributed by atoms with van der Waals surface area (Å²) in [6.07, 6.45) is 38.2. The summed E-state index contributed by atoms with van der Waals surface area (Å²) in [6.45, 7) is 84.8. The first-order valence-corrected chi connectivity index (χ1v) is 43.0. The van der Waals surface area contributed by atoms with Crippen molar-refractivity contribution in [1.29, 1.82) is 0 Å². The Hall–Kier alpha value is -0.360. The largest absolute Gasteiger partial charge is 0.381 e. The number of ether oxygens (including phenoxy) is 4. The van der Waals surface area contributed by atoms with Gasteiger partial charge in [-0.3, -0.25) is 0 Å². The van der Waals surface area contributed by atoms with E-state index in [1.54, 1.807) is 0 Å². The van der Waals surface area contributed by atoms with E-state index in [4.69, 9.17) is 18.9 Å². The third-order valence-corrected chi connectivity index (χ3v) is 24.3. The molecule has 0 radical (unpaired) electrons. The van der Waals surface area contributed by atoms with Crippen molar-refractivity contribution >= 4 is 0 Å². The number of hydrogen-bond donors (Lipinski definition) is 5. The van der Waals surface area contributed by atoms with Crippen LogP contribution in [-0.4, -0.2) is 116 Å². The molecule has 8 aliphatic heterocycles. The molecule has 8 heterocycles. The van der Waals surface area contributed by atoms with E-state index in [9.17, 15) is 0 Å². The minimum Gasteiger partial charge on any atom is -0.381 e. The monoisotopic (exact) mass is 1430 g/mol. The number of hydrogen-bond acceptors (Lipinski definition) is 9. The van der Waals surface area contributed by atoms with Gasteiger partial charge in [0.15, 0.2) is 0 Å². The summed E-state index contributed by atoms with van der Waals surface area (Å²) in [6, 6.07) is 1.39. The second-order valence-electron chi connectivity index (χ2n) is 43.6. The summed E-state index contributed by atoms with van der Waals surface area (Å²) in [4.78, 5) is 0. The summed E-state index contributed by atoms with van der Waals surface area (Å²) in [5.41, 5.74) is 4.66. The molecule has 608 valence electrons. The fraction of sp³-hybridized carbons (Fsp3) is 1.00. The topological polar surface area (TPSA) is 97.1 Å². The standard InChI is InChI=1S/2C10H20.3C9H19N.4C9H18O.C8H18N2.CH4/c2*1-10(2,3)9-7-5-4-6-8-9;1-9(2,3)8-4-6-10-7-5-8;1-9(2,3)8-5-4-6-10-7-8;1-9(2,3)8-6-4-5-7-10-8;1-9(2,3)8-4-6-10-7-5-8;1-9(2,3)8-5-4-6-10-7-8;2*1-9(2,3)8-6-4-5-7-10-8;1-8(2,3)7-6-9-4-5-10-7;/h2*9H,4-8H2,1-3H3;3*8,10H,4-7H2,1-3H3;4*8H,4-7H2,1-3H3;7,9-10H,4-6H2,1-3H3;1H4. The highest BCUT2D eigenvalue weighted by molar-refractivity contribution is 4.87. The molecule has 0 bridgehead atoms. The Bertz CT molecular complexity index is 1430. The van der Waals surface area contributed by atoms with Gasteiger partial charge in [-0.15, -0.1) is 0 Å². The maximum absolute atomic E-state index is 5.64. The molecule has 10 rings (SSSR count). The molecule has 10 aliphatic rings. The smallest absolute Gasteiger partial charge is 0.0623 e. The number of rotatable bonds is 0. The molecular weight excluding hydrogens is 1240 g/mol. The van der Waals surface area contributed by atoms with E-state index in [-0.39, 0.29) is 7.43 Å². The van der Waals surface area contributed by atoms with E-state index < -0.39 is 0 Å². The molecule has 0 aromatic carbocycles. The molecular formula is C92H191N5O4. The molecule has 9 heteroatoms. The van der Waals surface area contributed by atoms with Gasteiger partial charge in [0.2, 0.25) is 0 Å². The Morgan fingerprint density at radius 2 is 0.584 bits per heavy atom. The van der Waals surface area contributed by atoms with E-state index in [1.807, 2.05) is 0 Å². The molecule has 5 N–H and O–H groups in total. The van der Waals surface area contributed by atoms with Crippen LogP contribution < -0.4 is 26.6 Å². The van der Waals surface area contributed by atoms with Crippen LogP contribution in [0.25, 0.3) is 0 Å². The van der Waals surface area contributed by atoms with Crippen molar-refractivity contribution in [3.8, 4) is 0 Å².